The zero-order valence-electron chi connectivity index (χ0n) is 20.0. The molecule has 0 spiro atoms. The minimum atomic E-state index is -0.256. The summed E-state index contributed by atoms with van der Waals surface area (Å²) in [6.45, 7) is 9.64. The second kappa shape index (κ2) is 9.02. The Labute approximate surface area is 199 Å². The summed E-state index contributed by atoms with van der Waals surface area (Å²) in [5.74, 6) is 0.826. The molecule has 0 radical (unpaired) electrons. The molecule has 1 unspecified atom stereocenters. The van der Waals surface area contributed by atoms with Crippen LogP contribution in [-0.2, 0) is 6.54 Å². The number of aromatic nitrogens is 5. The predicted molar refractivity (Wildman–Crippen MR) is 135 cm³/mol. The van der Waals surface area contributed by atoms with Gasteiger partial charge in [-0.15, -0.1) is 5.10 Å². The first-order valence-electron chi connectivity index (χ1n) is 11.9. The summed E-state index contributed by atoms with van der Waals surface area (Å²) in [5.41, 5.74) is 11.7. The quantitative estimate of drug-likeness (QED) is 0.493. The molecule has 0 aliphatic carbocycles. The molecular weight excluding hydrogens is 426 g/mol. The zero-order chi connectivity index (χ0) is 23.8. The number of benzene rings is 1. The maximum Gasteiger partial charge on any atom is 0.353 e. The van der Waals surface area contributed by atoms with Gasteiger partial charge in [0.2, 0.25) is 5.95 Å². The van der Waals surface area contributed by atoms with E-state index in [0.29, 0.717) is 23.8 Å². The summed E-state index contributed by atoms with van der Waals surface area (Å²) < 4.78 is 2.97. The van der Waals surface area contributed by atoms with Crippen molar-refractivity contribution in [2.24, 2.45) is 5.92 Å². The smallest absolute Gasteiger partial charge is 0.353 e. The van der Waals surface area contributed by atoms with Gasteiger partial charge in [-0.1, -0.05) is 37.3 Å². The van der Waals surface area contributed by atoms with Gasteiger partial charge >= 0.3 is 5.69 Å². The summed E-state index contributed by atoms with van der Waals surface area (Å²) in [7, 11) is 0. The Morgan fingerprint density at radius 3 is 2.47 bits per heavy atom. The van der Waals surface area contributed by atoms with Crippen molar-refractivity contribution >= 4 is 11.6 Å². The topological polar surface area (TPSA) is 94.3 Å². The highest BCUT2D eigenvalue weighted by Gasteiger charge is 2.23. The molecule has 4 heterocycles. The Bertz CT molecular complexity index is 1370. The minimum Gasteiger partial charge on any atom is -0.369 e. The number of nitrogen functional groups attached to an aromatic ring is 1. The largest absolute Gasteiger partial charge is 0.369 e. The van der Waals surface area contributed by atoms with Gasteiger partial charge in [0.15, 0.2) is 5.65 Å². The lowest BCUT2D eigenvalue weighted by atomic mass is 9.99. The Hall–Kier alpha value is -3.52. The molecular formula is C26H31N7O. The van der Waals surface area contributed by atoms with E-state index in [4.69, 9.17) is 15.8 Å². The van der Waals surface area contributed by atoms with Crippen LogP contribution < -0.4 is 11.4 Å². The third-order valence-corrected chi connectivity index (χ3v) is 6.54. The van der Waals surface area contributed by atoms with E-state index in [2.05, 4.69) is 16.8 Å². The number of fused-ring (bicyclic) bond motifs is 1. The van der Waals surface area contributed by atoms with Crippen LogP contribution in [0.5, 0.6) is 0 Å². The molecule has 4 aromatic rings. The molecule has 34 heavy (non-hydrogen) atoms. The number of rotatable bonds is 5. The number of hydrogen-bond donors (Lipinski definition) is 1. The lowest BCUT2D eigenvalue weighted by Crippen LogP contribution is -2.38. The molecule has 1 aliphatic heterocycles. The summed E-state index contributed by atoms with van der Waals surface area (Å²) >= 11 is 0. The molecule has 0 bridgehead atoms. The van der Waals surface area contributed by atoms with Crippen LogP contribution in [-0.4, -0.2) is 48.7 Å². The van der Waals surface area contributed by atoms with Gasteiger partial charge in [0.25, 0.3) is 0 Å². The fourth-order valence-corrected chi connectivity index (χ4v) is 5.02. The summed E-state index contributed by atoms with van der Waals surface area (Å²) in [5, 5.41) is 4.80. The molecule has 1 saturated heterocycles. The van der Waals surface area contributed by atoms with Crippen molar-refractivity contribution < 1.29 is 0 Å². The van der Waals surface area contributed by atoms with E-state index >= 15 is 0 Å². The van der Waals surface area contributed by atoms with Gasteiger partial charge in [-0.3, -0.25) is 4.98 Å². The molecule has 1 aromatic carbocycles. The van der Waals surface area contributed by atoms with Gasteiger partial charge in [-0.2, -0.15) is 0 Å². The van der Waals surface area contributed by atoms with Crippen LogP contribution in [0.1, 0.15) is 31.2 Å². The van der Waals surface area contributed by atoms with Crippen LogP contribution in [0.25, 0.3) is 28.0 Å². The van der Waals surface area contributed by atoms with Crippen LogP contribution in [0.3, 0.4) is 0 Å². The van der Waals surface area contributed by atoms with Crippen molar-refractivity contribution in [2.75, 3.05) is 25.4 Å². The van der Waals surface area contributed by atoms with Crippen molar-refractivity contribution in [1.29, 1.82) is 0 Å². The highest BCUT2D eigenvalue weighted by atomic mass is 16.2. The summed E-state index contributed by atoms with van der Waals surface area (Å²) in [4.78, 5) is 25.0. The lowest BCUT2D eigenvalue weighted by Gasteiger charge is -2.30. The Morgan fingerprint density at radius 2 is 1.76 bits per heavy atom. The van der Waals surface area contributed by atoms with Crippen molar-refractivity contribution in [1.82, 2.24) is 29.0 Å². The summed E-state index contributed by atoms with van der Waals surface area (Å²) in [6, 6.07) is 13.9. The number of pyridine rings is 1. The van der Waals surface area contributed by atoms with Crippen molar-refractivity contribution in [3.8, 4) is 22.4 Å². The number of nitrogens with two attached hydrogens (primary N) is 1. The van der Waals surface area contributed by atoms with Gasteiger partial charge in [-0.05, 0) is 56.8 Å². The van der Waals surface area contributed by atoms with Crippen LogP contribution in [0.2, 0.25) is 0 Å². The normalized spacial score (nSPS) is 16.9. The molecule has 1 atom stereocenters. The molecule has 2 N–H and O–H groups in total. The Balaban J connectivity index is 1.67. The average Bonchev–Trinajstić information content (AvgIpc) is 3.14. The van der Waals surface area contributed by atoms with Crippen LogP contribution in [0.15, 0.2) is 47.3 Å². The molecule has 1 aliphatic rings. The van der Waals surface area contributed by atoms with E-state index in [1.807, 2.05) is 56.3 Å². The van der Waals surface area contributed by atoms with Crippen molar-refractivity contribution in [2.45, 2.75) is 40.2 Å². The number of anilines is 1. The standard InChI is InChI=1S/C26H31N7O/c1-17-8-7-11-31(16-17)12-13-32-26(34)33-24(30-32)22(21-14-18(2)28-19(3)15-21)23(29-25(33)27)20-9-5-4-6-10-20/h4-6,9-10,14-15,17H,7-8,11-13,16H2,1-3H3,(H2,27,29). The minimum absolute atomic E-state index is 0.142. The second-order valence-electron chi connectivity index (χ2n) is 9.41. The number of nitrogens with zero attached hydrogens (tertiary/aromatic N) is 6. The van der Waals surface area contributed by atoms with Gasteiger partial charge in [-0.25, -0.2) is 18.9 Å². The molecule has 8 heteroatoms. The monoisotopic (exact) mass is 457 g/mol. The van der Waals surface area contributed by atoms with Crippen molar-refractivity contribution in [3.63, 3.8) is 0 Å². The first kappa shape index (κ1) is 22.3. The fraction of sp³-hybridized carbons (Fsp3) is 0.385. The molecule has 0 saturated carbocycles. The number of aryl methyl sites for hydroxylation is 2. The van der Waals surface area contributed by atoms with Crippen LogP contribution in [0.4, 0.5) is 5.95 Å². The highest BCUT2D eigenvalue weighted by Crippen LogP contribution is 2.34. The van der Waals surface area contributed by atoms with E-state index in [0.717, 1.165) is 47.7 Å². The van der Waals surface area contributed by atoms with Gasteiger partial charge in [0.1, 0.15) is 0 Å². The molecule has 5 rings (SSSR count). The molecule has 1 fully saturated rings. The van der Waals surface area contributed by atoms with Crippen LogP contribution in [0, 0.1) is 19.8 Å². The average molecular weight is 458 g/mol. The molecule has 176 valence electrons. The van der Waals surface area contributed by atoms with Gasteiger partial charge in [0, 0.05) is 30.0 Å². The molecule has 0 amide bonds. The summed E-state index contributed by atoms with van der Waals surface area (Å²) in [6.07, 6.45) is 2.47. The van der Waals surface area contributed by atoms with Crippen LogP contribution >= 0.6 is 0 Å². The maximum absolute atomic E-state index is 13.4. The fourth-order valence-electron chi connectivity index (χ4n) is 5.02. The van der Waals surface area contributed by atoms with E-state index < -0.39 is 0 Å². The lowest BCUT2D eigenvalue weighted by molar-refractivity contribution is 0.175. The number of hydrogen-bond acceptors (Lipinski definition) is 6. The van der Waals surface area contributed by atoms with Gasteiger partial charge in [0.05, 0.1) is 17.8 Å². The first-order valence-corrected chi connectivity index (χ1v) is 11.9. The van der Waals surface area contributed by atoms with Crippen molar-refractivity contribution in [3.05, 3.63) is 64.3 Å². The first-order chi connectivity index (χ1) is 16.4. The van der Waals surface area contributed by atoms with Gasteiger partial charge < -0.3 is 10.6 Å². The highest BCUT2D eigenvalue weighted by molar-refractivity contribution is 5.90. The maximum atomic E-state index is 13.4. The Kier molecular flexibility index (Phi) is 5.91. The second-order valence-corrected chi connectivity index (χ2v) is 9.41. The third-order valence-electron chi connectivity index (χ3n) is 6.54. The van der Waals surface area contributed by atoms with E-state index in [1.165, 1.54) is 21.9 Å². The molecule has 8 nitrogen and oxygen atoms in total. The Morgan fingerprint density at radius 1 is 1.03 bits per heavy atom. The third kappa shape index (κ3) is 4.21. The zero-order valence-corrected chi connectivity index (χ0v) is 20.0. The SMILES string of the molecule is Cc1cc(-c2c(-c3ccccc3)nc(N)n3c(=O)n(CCN4CCCC(C)C4)nc23)cc(C)n1. The number of likely N-dealkylation sites (tertiary alicyclic amines) is 1. The van der Waals surface area contributed by atoms with E-state index in [-0.39, 0.29) is 11.6 Å². The van der Waals surface area contributed by atoms with E-state index in [1.54, 1.807) is 0 Å². The predicted octanol–water partition coefficient (Wildman–Crippen LogP) is 3.55. The number of piperidine rings is 1. The van der Waals surface area contributed by atoms with E-state index in [9.17, 15) is 4.79 Å². The molecule has 3 aromatic heterocycles.